The quantitative estimate of drug-likeness (QED) is 0.638. The zero-order chi connectivity index (χ0) is 12.6. The van der Waals surface area contributed by atoms with E-state index in [0.29, 0.717) is 5.02 Å². The van der Waals surface area contributed by atoms with Crippen LogP contribution < -0.4 is 0 Å². The third-order valence-electron chi connectivity index (χ3n) is 2.25. The molecule has 0 aliphatic carbocycles. The van der Waals surface area contributed by atoms with Crippen LogP contribution in [0.1, 0.15) is 0 Å². The molecule has 0 unspecified atom stereocenters. The smallest absolute Gasteiger partial charge is 0.195 e. The van der Waals surface area contributed by atoms with Crippen molar-refractivity contribution in [3.63, 3.8) is 0 Å². The fraction of sp³-hybridized carbons (Fsp3) is 0. The first-order chi connectivity index (χ1) is 8.00. The van der Waals surface area contributed by atoms with Crippen LogP contribution in [-0.2, 0) is 0 Å². The number of benzene rings is 2. The van der Waals surface area contributed by atoms with Crippen molar-refractivity contribution in [3.8, 4) is 11.1 Å². The minimum absolute atomic E-state index is 0.128. The molecular weight excluding hydrogens is 272 g/mol. The molecule has 0 fully saturated rings. The van der Waals surface area contributed by atoms with Crippen LogP contribution in [0.5, 0.6) is 0 Å². The molecule has 0 saturated heterocycles. The Bertz CT molecular complexity index is 582. The van der Waals surface area contributed by atoms with E-state index in [-0.39, 0.29) is 16.1 Å². The van der Waals surface area contributed by atoms with Gasteiger partial charge in [0.15, 0.2) is 17.5 Å². The summed E-state index contributed by atoms with van der Waals surface area (Å²) in [4.78, 5) is 0. The minimum atomic E-state index is -1.53. The lowest BCUT2D eigenvalue weighted by atomic mass is 10.0. The summed E-state index contributed by atoms with van der Waals surface area (Å²) in [7, 11) is 0. The molecule has 0 amide bonds. The first-order valence-corrected chi connectivity index (χ1v) is 5.35. The van der Waals surface area contributed by atoms with Gasteiger partial charge < -0.3 is 0 Å². The van der Waals surface area contributed by atoms with E-state index >= 15 is 0 Å². The molecule has 0 radical (unpaired) electrons. The van der Waals surface area contributed by atoms with Gasteiger partial charge in [0.05, 0.1) is 0 Å². The van der Waals surface area contributed by atoms with Crippen molar-refractivity contribution in [3.05, 3.63) is 57.8 Å². The summed E-state index contributed by atoms with van der Waals surface area (Å²) < 4.78 is 39.4. The molecule has 2 aromatic carbocycles. The lowest BCUT2D eigenvalue weighted by Gasteiger charge is -2.07. The number of rotatable bonds is 1. The zero-order valence-electron chi connectivity index (χ0n) is 8.28. The van der Waals surface area contributed by atoms with E-state index in [4.69, 9.17) is 23.2 Å². The summed E-state index contributed by atoms with van der Waals surface area (Å²) >= 11 is 11.6. The Balaban J connectivity index is 2.69. The van der Waals surface area contributed by atoms with Gasteiger partial charge in [0.1, 0.15) is 0 Å². The third kappa shape index (κ3) is 2.26. The normalized spacial score (nSPS) is 10.6. The molecule has 0 atom stereocenters. The first-order valence-electron chi connectivity index (χ1n) is 4.59. The molecule has 0 aliphatic rings. The highest BCUT2D eigenvalue weighted by atomic mass is 35.5. The van der Waals surface area contributed by atoms with Crippen LogP contribution in [0.2, 0.25) is 10.0 Å². The molecule has 0 saturated carbocycles. The molecule has 2 rings (SSSR count). The number of hydrogen-bond acceptors (Lipinski definition) is 0. The van der Waals surface area contributed by atoms with Crippen molar-refractivity contribution in [1.29, 1.82) is 0 Å². The van der Waals surface area contributed by atoms with E-state index in [9.17, 15) is 13.2 Å². The Labute approximate surface area is 106 Å². The second-order valence-corrected chi connectivity index (χ2v) is 4.19. The van der Waals surface area contributed by atoms with Crippen molar-refractivity contribution in [2.75, 3.05) is 0 Å². The van der Waals surface area contributed by atoms with Crippen molar-refractivity contribution in [2.45, 2.75) is 0 Å². The van der Waals surface area contributed by atoms with Crippen molar-refractivity contribution >= 4 is 23.2 Å². The largest absolute Gasteiger partial charge is 0.204 e. The van der Waals surface area contributed by atoms with Crippen LogP contribution in [0.25, 0.3) is 11.1 Å². The highest BCUT2D eigenvalue weighted by molar-refractivity contribution is 6.35. The first kappa shape index (κ1) is 12.3. The fourth-order valence-corrected chi connectivity index (χ4v) is 1.83. The number of hydrogen-bond donors (Lipinski definition) is 0. The third-order valence-corrected chi connectivity index (χ3v) is 2.82. The molecule has 0 aromatic heterocycles. The topological polar surface area (TPSA) is 0 Å². The van der Waals surface area contributed by atoms with Gasteiger partial charge in [0.2, 0.25) is 0 Å². The highest BCUT2D eigenvalue weighted by Crippen LogP contribution is 2.33. The Morgan fingerprint density at radius 3 is 2.18 bits per heavy atom. The van der Waals surface area contributed by atoms with Crippen LogP contribution >= 0.6 is 23.2 Å². The Morgan fingerprint density at radius 1 is 0.765 bits per heavy atom. The van der Waals surface area contributed by atoms with E-state index < -0.39 is 17.5 Å². The molecule has 0 spiro atoms. The van der Waals surface area contributed by atoms with Gasteiger partial charge >= 0.3 is 0 Å². The maximum Gasteiger partial charge on any atom is 0.195 e. The van der Waals surface area contributed by atoms with Gasteiger partial charge in [-0.1, -0.05) is 23.2 Å². The fourth-order valence-electron chi connectivity index (χ4n) is 1.44. The summed E-state index contributed by atoms with van der Waals surface area (Å²) in [6.07, 6.45) is 0. The molecule has 17 heavy (non-hydrogen) atoms. The average Bonchev–Trinajstić information content (AvgIpc) is 2.30. The molecule has 5 heteroatoms. The summed E-state index contributed by atoms with van der Waals surface area (Å²) in [5.41, 5.74) is 0.0898. The van der Waals surface area contributed by atoms with Crippen LogP contribution in [-0.4, -0.2) is 0 Å². The van der Waals surface area contributed by atoms with Crippen LogP contribution in [0.3, 0.4) is 0 Å². The molecule has 0 nitrogen and oxygen atoms in total. The lowest BCUT2D eigenvalue weighted by Crippen LogP contribution is -1.94. The summed E-state index contributed by atoms with van der Waals surface area (Å²) in [6.45, 7) is 0. The summed E-state index contributed by atoms with van der Waals surface area (Å²) in [5.74, 6) is -4.06. The maximum atomic E-state index is 13.5. The van der Waals surface area contributed by atoms with Crippen molar-refractivity contribution in [2.24, 2.45) is 0 Å². The molecule has 0 bridgehead atoms. The van der Waals surface area contributed by atoms with Crippen LogP contribution in [0, 0.1) is 17.5 Å². The second-order valence-electron chi connectivity index (χ2n) is 3.35. The Morgan fingerprint density at radius 2 is 1.47 bits per heavy atom. The second kappa shape index (κ2) is 4.59. The standard InChI is InChI=1S/C12H5Cl2F3/c13-6-1-3-9(14)8(5-6)7-2-4-10(15)12(17)11(7)16/h1-5H. The predicted molar refractivity (Wildman–Crippen MR) is 61.8 cm³/mol. The molecule has 88 valence electrons. The Hall–Kier alpha value is -1.19. The molecular formula is C12H5Cl2F3. The van der Waals surface area contributed by atoms with E-state index in [0.717, 1.165) is 12.1 Å². The zero-order valence-corrected chi connectivity index (χ0v) is 9.79. The maximum absolute atomic E-state index is 13.5. The molecule has 0 heterocycles. The van der Waals surface area contributed by atoms with Gasteiger partial charge in [0, 0.05) is 21.2 Å². The summed E-state index contributed by atoms with van der Waals surface area (Å²) in [6, 6.07) is 6.32. The van der Waals surface area contributed by atoms with Gasteiger partial charge in [-0.2, -0.15) is 0 Å². The monoisotopic (exact) mass is 276 g/mol. The number of halogens is 5. The van der Waals surface area contributed by atoms with Crippen molar-refractivity contribution < 1.29 is 13.2 Å². The van der Waals surface area contributed by atoms with E-state index in [1.54, 1.807) is 0 Å². The molecule has 2 aromatic rings. The average molecular weight is 277 g/mol. The minimum Gasteiger partial charge on any atom is -0.204 e. The van der Waals surface area contributed by atoms with E-state index in [1.165, 1.54) is 18.2 Å². The van der Waals surface area contributed by atoms with Gasteiger partial charge in [0.25, 0.3) is 0 Å². The van der Waals surface area contributed by atoms with E-state index in [1.807, 2.05) is 0 Å². The van der Waals surface area contributed by atoms with E-state index in [2.05, 4.69) is 0 Å². The SMILES string of the molecule is Fc1ccc(-c2cc(Cl)ccc2Cl)c(F)c1F. The predicted octanol–water partition coefficient (Wildman–Crippen LogP) is 5.08. The van der Waals surface area contributed by atoms with Crippen molar-refractivity contribution in [1.82, 2.24) is 0 Å². The molecule has 0 N–H and O–H groups in total. The highest BCUT2D eigenvalue weighted by Gasteiger charge is 2.16. The van der Waals surface area contributed by atoms with Gasteiger partial charge in [-0.05, 0) is 30.3 Å². The summed E-state index contributed by atoms with van der Waals surface area (Å²) in [5, 5.41) is 0.535. The lowest BCUT2D eigenvalue weighted by molar-refractivity contribution is 0.449. The van der Waals surface area contributed by atoms with Gasteiger partial charge in [-0.25, -0.2) is 13.2 Å². The van der Waals surface area contributed by atoms with Crippen LogP contribution in [0.15, 0.2) is 30.3 Å². The molecule has 0 aliphatic heterocycles. The van der Waals surface area contributed by atoms with Crippen LogP contribution in [0.4, 0.5) is 13.2 Å². The van der Waals surface area contributed by atoms with Gasteiger partial charge in [-0.15, -0.1) is 0 Å². The van der Waals surface area contributed by atoms with Gasteiger partial charge in [-0.3, -0.25) is 0 Å². The Kier molecular flexibility index (Phi) is 3.31.